The Kier molecular flexibility index (Phi) is 3.90. The molecule has 0 atom stereocenters. The molecule has 0 saturated heterocycles. The number of carboxylic acids is 1. The largest absolute Gasteiger partial charge is 0.494 e. The summed E-state index contributed by atoms with van der Waals surface area (Å²) in [5.41, 5.74) is 0.270. The summed E-state index contributed by atoms with van der Waals surface area (Å²) in [5.74, 6) is 0.125. The molecule has 0 spiro atoms. The minimum absolute atomic E-state index is 0.637. The van der Waals surface area contributed by atoms with Crippen molar-refractivity contribution in [1.29, 1.82) is 0 Å². The van der Waals surface area contributed by atoms with Gasteiger partial charge in [-0.1, -0.05) is 31.9 Å². The number of aliphatic carboxylic acids is 1. The lowest BCUT2D eigenvalue weighted by atomic mass is 9.64. The molecule has 0 radical (unpaired) electrons. The Balaban J connectivity index is 2.05. The SMILES string of the molecule is CCCCOc1ccc(C2(C(=O)O)CCC2)cc1. The van der Waals surface area contributed by atoms with Gasteiger partial charge < -0.3 is 9.84 Å². The van der Waals surface area contributed by atoms with Crippen LogP contribution in [0.1, 0.15) is 44.6 Å². The minimum Gasteiger partial charge on any atom is -0.494 e. The van der Waals surface area contributed by atoms with Crippen molar-refractivity contribution < 1.29 is 14.6 Å². The number of unbranched alkanes of at least 4 members (excludes halogenated alkanes) is 1. The first kappa shape index (κ1) is 12.9. The molecule has 1 aromatic carbocycles. The van der Waals surface area contributed by atoms with Gasteiger partial charge in [0.05, 0.1) is 12.0 Å². The first-order chi connectivity index (χ1) is 8.69. The van der Waals surface area contributed by atoms with Gasteiger partial charge in [0.25, 0.3) is 0 Å². The summed E-state index contributed by atoms with van der Waals surface area (Å²) in [6, 6.07) is 7.56. The van der Waals surface area contributed by atoms with Crippen LogP contribution in [0.25, 0.3) is 0 Å². The zero-order valence-electron chi connectivity index (χ0n) is 10.8. The summed E-state index contributed by atoms with van der Waals surface area (Å²) in [7, 11) is 0. The molecule has 98 valence electrons. The van der Waals surface area contributed by atoms with E-state index in [1.807, 2.05) is 24.3 Å². The highest BCUT2D eigenvalue weighted by Crippen LogP contribution is 2.44. The van der Waals surface area contributed by atoms with Gasteiger partial charge in [0, 0.05) is 0 Å². The molecule has 1 fully saturated rings. The normalized spacial score (nSPS) is 16.9. The molecule has 1 saturated carbocycles. The summed E-state index contributed by atoms with van der Waals surface area (Å²) in [6.45, 7) is 2.85. The number of carboxylic acid groups (broad SMARTS) is 1. The highest BCUT2D eigenvalue weighted by Gasteiger charge is 2.45. The Labute approximate surface area is 108 Å². The minimum atomic E-state index is -0.701. The van der Waals surface area contributed by atoms with Crippen molar-refractivity contribution in [1.82, 2.24) is 0 Å². The van der Waals surface area contributed by atoms with Gasteiger partial charge >= 0.3 is 5.97 Å². The molecular weight excluding hydrogens is 228 g/mol. The predicted molar refractivity (Wildman–Crippen MR) is 70.0 cm³/mol. The Morgan fingerprint density at radius 3 is 2.44 bits per heavy atom. The van der Waals surface area contributed by atoms with Crippen molar-refractivity contribution in [3.63, 3.8) is 0 Å². The fourth-order valence-corrected chi connectivity index (χ4v) is 2.36. The second-order valence-electron chi connectivity index (χ2n) is 4.97. The summed E-state index contributed by atoms with van der Waals surface area (Å²) >= 11 is 0. The van der Waals surface area contributed by atoms with Gasteiger partial charge in [-0.25, -0.2) is 0 Å². The van der Waals surface area contributed by atoms with E-state index in [1.54, 1.807) is 0 Å². The van der Waals surface area contributed by atoms with Gasteiger partial charge in [0.2, 0.25) is 0 Å². The Bertz CT molecular complexity index is 404. The Hall–Kier alpha value is -1.51. The number of carbonyl (C=O) groups is 1. The third kappa shape index (κ3) is 2.35. The van der Waals surface area contributed by atoms with Gasteiger partial charge in [-0.3, -0.25) is 4.79 Å². The maximum Gasteiger partial charge on any atom is 0.314 e. The number of hydrogen-bond acceptors (Lipinski definition) is 2. The zero-order chi connectivity index (χ0) is 13.0. The van der Waals surface area contributed by atoms with Gasteiger partial charge in [-0.2, -0.15) is 0 Å². The molecule has 3 nitrogen and oxygen atoms in total. The van der Waals surface area contributed by atoms with Crippen molar-refractivity contribution in [2.45, 2.75) is 44.4 Å². The number of ether oxygens (including phenoxy) is 1. The quantitative estimate of drug-likeness (QED) is 0.785. The average Bonchev–Trinajstić information content (AvgIpc) is 2.29. The third-order valence-corrected chi connectivity index (χ3v) is 3.79. The molecule has 1 N–H and O–H groups in total. The topological polar surface area (TPSA) is 46.5 Å². The molecule has 1 aliphatic rings. The van der Waals surface area contributed by atoms with Crippen LogP contribution in [0.2, 0.25) is 0 Å². The standard InChI is InChI=1S/C15H20O3/c1-2-3-11-18-13-7-5-12(6-8-13)15(14(16)17)9-4-10-15/h5-8H,2-4,9-11H2,1H3,(H,16,17). The molecule has 0 aliphatic heterocycles. The molecule has 2 rings (SSSR count). The number of rotatable bonds is 6. The lowest BCUT2D eigenvalue weighted by Gasteiger charge is -2.38. The highest BCUT2D eigenvalue weighted by molar-refractivity contribution is 5.82. The lowest BCUT2D eigenvalue weighted by Crippen LogP contribution is -2.42. The van der Waals surface area contributed by atoms with Gasteiger partial charge in [0.1, 0.15) is 5.75 Å². The van der Waals surface area contributed by atoms with Crippen LogP contribution in [0.5, 0.6) is 5.75 Å². The molecule has 18 heavy (non-hydrogen) atoms. The third-order valence-electron chi connectivity index (χ3n) is 3.79. The van der Waals surface area contributed by atoms with Crippen LogP contribution in [-0.4, -0.2) is 17.7 Å². The van der Waals surface area contributed by atoms with Crippen LogP contribution >= 0.6 is 0 Å². The summed E-state index contributed by atoms with van der Waals surface area (Å²) in [5, 5.41) is 9.35. The molecule has 3 heteroatoms. The molecule has 0 bridgehead atoms. The van der Waals surface area contributed by atoms with E-state index in [2.05, 4.69) is 6.92 Å². The molecule has 0 amide bonds. The maximum atomic E-state index is 11.4. The van der Waals surface area contributed by atoms with Crippen LogP contribution in [-0.2, 0) is 10.2 Å². The molecule has 1 aromatic rings. The Morgan fingerprint density at radius 1 is 1.33 bits per heavy atom. The van der Waals surface area contributed by atoms with E-state index in [0.29, 0.717) is 0 Å². The van der Waals surface area contributed by atoms with E-state index in [-0.39, 0.29) is 0 Å². The summed E-state index contributed by atoms with van der Waals surface area (Å²) in [6.07, 6.45) is 4.65. The zero-order valence-corrected chi connectivity index (χ0v) is 10.8. The van der Waals surface area contributed by atoms with Crippen LogP contribution in [0.3, 0.4) is 0 Å². The highest BCUT2D eigenvalue weighted by atomic mass is 16.5. The fraction of sp³-hybridized carbons (Fsp3) is 0.533. The van der Waals surface area contributed by atoms with Crippen LogP contribution in [0.15, 0.2) is 24.3 Å². The first-order valence-electron chi connectivity index (χ1n) is 6.66. The Morgan fingerprint density at radius 2 is 2.00 bits per heavy atom. The van der Waals surface area contributed by atoms with Crippen molar-refractivity contribution in [2.24, 2.45) is 0 Å². The van der Waals surface area contributed by atoms with E-state index in [0.717, 1.165) is 50.0 Å². The van der Waals surface area contributed by atoms with E-state index >= 15 is 0 Å². The van der Waals surface area contributed by atoms with Crippen molar-refractivity contribution in [2.75, 3.05) is 6.61 Å². The molecular formula is C15H20O3. The maximum absolute atomic E-state index is 11.4. The van der Waals surface area contributed by atoms with E-state index in [9.17, 15) is 9.90 Å². The molecule has 0 aromatic heterocycles. The van der Waals surface area contributed by atoms with E-state index in [1.165, 1.54) is 0 Å². The molecule has 0 heterocycles. The van der Waals surface area contributed by atoms with Gasteiger partial charge in [-0.15, -0.1) is 0 Å². The average molecular weight is 248 g/mol. The molecule has 1 aliphatic carbocycles. The van der Waals surface area contributed by atoms with Crippen molar-refractivity contribution >= 4 is 5.97 Å². The summed E-state index contributed by atoms with van der Waals surface area (Å²) in [4.78, 5) is 11.4. The monoisotopic (exact) mass is 248 g/mol. The van der Waals surface area contributed by atoms with Gasteiger partial charge in [0.15, 0.2) is 0 Å². The second kappa shape index (κ2) is 5.42. The van der Waals surface area contributed by atoms with Gasteiger partial charge in [-0.05, 0) is 37.0 Å². The van der Waals surface area contributed by atoms with Crippen molar-refractivity contribution in [3.05, 3.63) is 29.8 Å². The van der Waals surface area contributed by atoms with Crippen LogP contribution < -0.4 is 4.74 Å². The van der Waals surface area contributed by atoms with E-state index < -0.39 is 11.4 Å². The first-order valence-corrected chi connectivity index (χ1v) is 6.66. The number of hydrogen-bond donors (Lipinski definition) is 1. The molecule has 0 unspecified atom stereocenters. The number of benzene rings is 1. The predicted octanol–water partition coefficient (Wildman–Crippen LogP) is 3.37. The lowest BCUT2D eigenvalue weighted by molar-refractivity contribution is -0.147. The fourth-order valence-electron chi connectivity index (χ4n) is 2.36. The smallest absolute Gasteiger partial charge is 0.314 e. The second-order valence-corrected chi connectivity index (χ2v) is 4.97. The van der Waals surface area contributed by atoms with Crippen LogP contribution in [0, 0.1) is 0 Å². The summed E-state index contributed by atoms with van der Waals surface area (Å²) < 4.78 is 5.58. The van der Waals surface area contributed by atoms with E-state index in [4.69, 9.17) is 4.74 Å². The van der Waals surface area contributed by atoms with Crippen molar-refractivity contribution in [3.8, 4) is 5.75 Å². The van der Waals surface area contributed by atoms with Crippen LogP contribution in [0.4, 0.5) is 0 Å².